The second-order valence-electron chi connectivity index (χ2n) is 9.88. The third-order valence-electron chi connectivity index (χ3n) is 7.18. The maximum atomic E-state index is 13.5. The monoisotopic (exact) mass is 492 g/mol. The van der Waals surface area contributed by atoms with Gasteiger partial charge in [-0.15, -0.1) is 0 Å². The van der Waals surface area contributed by atoms with E-state index in [1.807, 2.05) is 0 Å². The number of anilines is 1. The second-order valence-corrected chi connectivity index (χ2v) is 11.8. The highest BCUT2D eigenvalue weighted by molar-refractivity contribution is 7.89. The highest BCUT2D eigenvalue weighted by Gasteiger charge is 2.35. The molecular weight excluding hydrogens is 456 g/mol. The van der Waals surface area contributed by atoms with Gasteiger partial charge in [-0.1, -0.05) is 6.92 Å². The molecule has 2 N–H and O–H groups in total. The van der Waals surface area contributed by atoms with Crippen molar-refractivity contribution in [3.8, 4) is 5.75 Å². The minimum Gasteiger partial charge on any atom is -0.479 e. The van der Waals surface area contributed by atoms with E-state index < -0.39 is 16.1 Å². The van der Waals surface area contributed by atoms with Gasteiger partial charge in [0.2, 0.25) is 15.9 Å². The lowest BCUT2D eigenvalue weighted by Gasteiger charge is -2.33. The summed E-state index contributed by atoms with van der Waals surface area (Å²) in [6.45, 7) is 9.69. The molecule has 4 rings (SSSR count). The van der Waals surface area contributed by atoms with Gasteiger partial charge >= 0.3 is 0 Å². The molecule has 3 heterocycles. The molecule has 188 valence electrons. The molecule has 0 saturated carbocycles. The molecule has 2 atom stereocenters. The Labute approximate surface area is 202 Å². The summed E-state index contributed by atoms with van der Waals surface area (Å²) >= 11 is 0. The number of ether oxygens (including phenoxy) is 1. The molecule has 34 heavy (non-hydrogen) atoms. The summed E-state index contributed by atoms with van der Waals surface area (Å²) < 4.78 is 34.0. The Hall–Kier alpha value is -2.17. The molecule has 1 aromatic carbocycles. The second kappa shape index (κ2) is 10.2. The van der Waals surface area contributed by atoms with Crippen LogP contribution in [0.2, 0.25) is 0 Å². The fourth-order valence-corrected chi connectivity index (χ4v) is 6.65. The predicted octanol–water partition coefficient (Wildman–Crippen LogP) is 1.96. The van der Waals surface area contributed by atoms with E-state index in [4.69, 9.17) is 4.74 Å². The number of amides is 2. The Kier molecular flexibility index (Phi) is 7.49. The van der Waals surface area contributed by atoms with E-state index in [2.05, 4.69) is 22.5 Å². The van der Waals surface area contributed by atoms with Crippen LogP contribution in [0.15, 0.2) is 17.0 Å². The number of sulfonamides is 1. The average molecular weight is 493 g/mol. The van der Waals surface area contributed by atoms with Crippen molar-refractivity contribution in [2.75, 3.05) is 44.6 Å². The van der Waals surface area contributed by atoms with Crippen LogP contribution in [0.3, 0.4) is 0 Å². The lowest BCUT2D eigenvalue weighted by Crippen LogP contribution is -2.47. The first kappa shape index (κ1) is 24.9. The van der Waals surface area contributed by atoms with E-state index in [9.17, 15) is 18.0 Å². The maximum Gasteiger partial charge on any atom is 0.265 e. The van der Waals surface area contributed by atoms with Crippen LogP contribution in [0.25, 0.3) is 0 Å². The van der Waals surface area contributed by atoms with Crippen molar-refractivity contribution in [1.29, 1.82) is 0 Å². The first-order valence-electron chi connectivity index (χ1n) is 12.3. The molecule has 3 aliphatic rings. The molecule has 0 bridgehead atoms. The first-order valence-corrected chi connectivity index (χ1v) is 13.7. The summed E-state index contributed by atoms with van der Waals surface area (Å²) in [6, 6.07) is 3.11. The van der Waals surface area contributed by atoms with Gasteiger partial charge in [0.1, 0.15) is 5.75 Å². The molecule has 10 heteroatoms. The van der Waals surface area contributed by atoms with Gasteiger partial charge in [-0.2, -0.15) is 4.31 Å². The van der Waals surface area contributed by atoms with Gasteiger partial charge in [0.05, 0.1) is 16.5 Å². The molecule has 2 saturated heterocycles. The molecule has 0 aromatic heterocycles. The Balaban J connectivity index is 1.39. The summed E-state index contributed by atoms with van der Waals surface area (Å²) in [5.74, 6) is 0.413. The number of nitrogens with one attached hydrogen (secondary N) is 2. The predicted molar refractivity (Wildman–Crippen MR) is 129 cm³/mol. The number of benzene rings is 1. The van der Waals surface area contributed by atoms with Crippen molar-refractivity contribution in [2.45, 2.75) is 57.5 Å². The fourth-order valence-electron chi connectivity index (χ4n) is 4.90. The van der Waals surface area contributed by atoms with Gasteiger partial charge in [0, 0.05) is 32.2 Å². The number of fused-ring (bicyclic) bond motifs is 1. The Morgan fingerprint density at radius 3 is 2.65 bits per heavy atom. The third kappa shape index (κ3) is 5.39. The number of rotatable bonds is 6. The van der Waals surface area contributed by atoms with Crippen molar-refractivity contribution < 1.29 is 22.7 Å². The standard InChI is InChI=1S/C24H36N4O5S/c1-16-6-10-27(11-7-16)12-8-25-24(30)19-5-4-9-28(15-19)34(31,32)22-14-21-20(13-17(22)2)26-23(29)18(3)33-21/h13-14,16,18-19H,4-12,15H2,1-3H3,(H,25,30)(H,26,29)/t18-,19-/m1/s1. The number of carbonyl (C=O) groups excluding carboxylic acids is 2. The largest absolute Gasteiger partial charge is 0.479 e. The van der Waals surface area contributed by atoms with Gasteiger partial charge in [0.25, 0.3) is 5.91 Å². The van der Waals surface area contributed by atoms with E-state index >= 15 is 0 Å². The molecule has 2 amide bonds. The van der Waals surface area contributed by atoms with Crippen molar-refractivity contribution in [3.63, 3.8) is 0 Å². The fraction of sp³-hybridized carbons (Fsp3) is 0.667. The van der Waals surface area contributed by atoms with Crippen molar-refractivity contribution in [3.05, 3.63) is 17.7 Å². The summed E-state index contributed by atoms with van der Waals surface area (Å²) in [5, 5.41) is 5.77. The van der Waals surface area contributed by atoms with E-state index in [0.29, 0.717) is 42.9 Å². The Bertz CT molecular complexity index is 1040. The zero-order chi connectivity index (χ0) is 24.5. The maximum absolute atomic E-state index is 13.5. The van der Waals surface area contributed by atoms with Crippen molar-refractivity contribution in [1.82, 2.24) is 14.5 Å². The molecule has 9 nitrogen and oxygen atoms in total. The quantitative estimate of drug-likeness (QED) is 0.629. The van der Waals surface area contributed by atoms with Gasteiger partial charge in [-0.3, -0.25) is 9.59 Å². The number of hydrogen-bond acceptors (Lipinski definition) is 6. The molecule has 2 fully saturated rings. The zero-order valence-electron chi connectivity index (χ0n) is 20.3. The van der Waals surface area contributed by atoms with E-state index in [1.165, 1.54) is 23.2 Å². The Morgan fingerprint density at radius 2 is 1.91 bits per heavy atom. The van der Waals surface area contributed by atoms with Crippen LogP contribution in [0.5, 0.6) is 5.75 Å². The number of nitrogens with zero attached hydrogens (tertiary/aromatic N) is 2. The zero-order valence-corrected chi connectivity index (χ0v) is 21.1. The van der Waals surface area contributed by atoms with E-state index in [-0.39, 0.29) is 29.2 Å². The topological polar surface area (TPSA) is 108 Å². The van der Waals surface area contributed by atoms with Crippen LogP contribution < -0.4 is 15.4 Å². The van der Waals surface area contributed by atoms with Gasteiger partial charge in [0.15, 0.2) is 6.10 Å². The summed E-state index contributed by atoms with van der Waals surface area (Å²) in [6.07, 6.45) is 3.01. The van der Waals surface area contributed by atoms with Gasteiger partial charge in [-0.25, -0.2) is 8.42 Å². The lowest BCUT2D eigenvalue weighted by molar-refractivity contribution is -0.126. The van der Waals surface area contributed by atoms with Crippen LogP contribution in [-0.2, 0) is 19.6 Å². The highest BCUT2D eigenvalue weighted by atomic mass is 32.2. The van der Waals surface area contributed by atoms with Gasteiger partial charge < -0.3 is 20.3 Å². The van der Waals surface area contributed by atoms with Gasteiger partial charge in [-0.05, 0) is 70.2 Å². The van der Waals surface area contributed by atoms with E-state index in [1.54, 1.807) is 19.9 Å². The van der Waals surface area contributed by atoms with Crippen LogP contribution >= 0.6 is 0 Å². The highest BCUT2D eigenvalue weighted by Crippen LogP contribution is 2.36. The molecule has 0 radical (unpaired) electrons. The van der Waals surface area contributed by atoms with Crippen LogP contribution in [-0.4, -0.2) is 74.8 Å². The van der Waals surface area contributed by atoms with Crippen LogP contribution in [0.4, 0.5) is 5.69 Å². The van der Waals surface area contributed by atoms with Crippen molar-refractivity contribution in [2.24, 2.45) is 11.8 Å². The smallest absolute Gasteiger partial charge is 0.265 e. The van der Waals surface area contributed by atoms with Crippen LogP contribution in [0.1, 0.15) is 45.1 Å². The summed E-state index contributed by atoms with van der Waals surface area (Å²) in [7, 11) is -3.81. The summed E-state index contributed by atoms with van der Waals surface area (Å²) in [5.41, 5.74) is 0.998. The molecular formula is C24H36N4O5S. The van der Waals surface area contributed by atoms with E-state index in [0.717, 1.165) is 25.6 Å². The number of aryl methyl sites for hydroxylation is 1. The minimum absolute atomic E-state index is 0.0766. The molecule has 3 aliphatic heterocycles. The average Bonchev–Trinajstić information content (AvgIpc) is 2.81. The number of piperidine rings is 2. The number of carbonyl (C=O) groups is 2. The number of hydrogen-bond donors (Lipinski definition) is 2. The minimum atomic E-state index is -3.81. The molecule has 0 unspecified atom stereocenters. The van der Waals surface area contributed by atoms with Crippen molar-refractivity contribution >= 4 is 27.5 Å². The number of likely N-dealkylation sites (tertiary alicyclic amines) is 1. The normalized spacial score (nSPS) is 24.7. The Morgan fingerprint density at radius 1 is 1.18 bits per heavy atom. The first-order chi connectivity index (χ1) is 16.1. The SMILES string of the molecule is Cc1cc2c(cc1S(=O)(=O)N1CCC[C@@H](C(=O)NCCN3CCC(C)CC3)C1)O[C@H](C)C(=O)N2. The third-order valence-corrected chi connectivity index (χ3v) is 9.19. The molecule has 0 aliphatic carbocycles. The summed E-state index contributed by atoms with van der Waals surface area (Å²) in [4.78, 5) is 27.2. The lowest BCUT2D eigenvalue weighted by atomic mass is 9.98. The molecule has 0 spiro atoms. The van der Waals surface area contributed by atoms with Crippen LogP contribution in [0, 0.1) is 18.8 Å². The molecule has 1 aromatic rings.